The molecule has 0 aliphatic rings. The first-order valence-electron chi connectivity index (χ1n) is 4.23. The van der Waals surface area contributed by atoms with Crippen molar-refractivity contribution in [2.45, 2.75) is 0 Å². The molecule has 0 unspecified atom stereocenters. The molecule has 0 radical (unpaired) electrons. The minimum Gasteiger partial charge on any atom is -0.482 e. The quantitative estimate of drug-likeness (QED) is 0.505. The summed E-state index contributed by atoms with van der Waals surface area (Å²) in [4.78, 5) is 30.7. The van der Waals surface area contributed by atoms with E-state index in [0.29, 0.717) is 0 Å². The van der Waals surface area contributed by atoms with Crippen LogP contribution in [0.1, 0.15) is 10.4 Å². The van der Waals surface area contributed by atoms with Crippen LogP contribution in [0, 0.1) is 10.1 Å². The Hall–Kier alpha value is -1.86. The number of carboxylic acids is 1. The normalized spacial score (nSPS) is 9.17. The molecule has 0 fully saturated rings. The molecular weight excluding hydrogens is 289 g/mol. The Bertz CT molecular complexity index is 490. The minimum atomic E-state index is -1.22. The average Bonchev–Trinajstić information content (AvgIpc) is 2.24. The van der Waals surface area contributed by atoms with Gasteiger partial charge < -0.3 is 9.84 Å². The number of ether oxygens (including phenoxy) is 1. The summed E-state index contributed by atoms with van der Waals surface area (Å²) in [5.41, 5.74) is -0.813. The monoisotopic (exact) mass is 295 g/mol. The van der Waals surface area contributed by atoms with E-state index in [-0.39, 0.29) is 35.0 Å². The van der Waals surface area contributed by atoms with Gasteiger partial charge in [-0.3, -0.25) is 14.9 Å². The molecule has 1 rings (SSSR count). The summed E-state index contributed by atoms with van der Waals surface area (Å²) >= 11 is 5.60. The zero-order chi connectivity index (χ0) is 13.0. The van der Waals surface area contributed by atoms with E-state index < -0.39 is 23.2 Å². The molecule has 98 valence electrons. The van der Waals surface area contributed by atoms with E-state index in [1.165, 1.54) is 0 Å². The fourth-order valence-corrected chi connectivity index (χ4v) is 1.39. The molecule has 18 heavy (non-hydrogen) atoms. The third kappa shape index (κ3) is 3.86. The van der Waals surface area contributed by atoms with Crippen molar-refractivity contribution in [3.63, 3.8) is 0 Å². The van der Waals surface area contributed by atoms with E-state index in [4.69, 9.17) is 21.4 Å². The van der Waals surface area contributed by atoms with Crippen LogP contribution in [-0.4, -0.2) is 28.9 Å². The lowest BCUT2D eigenvalue weighted by Gasteiger charge is -2.05. The third-order valence-corrected chi connectivity index (χ3v) is 2.03. The van der Waals surface area contributed by atoms with Crippen molar-refractivity contribution in [1.82, 2.24) is 0 Å². The van der Waals surface area contributed by atoms with Crippen LogP contribution >= 0.6 is 24.0 Å². The molecule has 0 saturated heterocycles. The smallest absolute Gasteiger partial charge is 0.341 e. The molecule has 0 atom stereocenters. The van der Waals surface area contributed by atoms with Gasteiger partial charge in [0.05, 0.1) is 10.5 Å². The number of hydrogen-bond donors (Lipinski definition) is 1. The Morgan fingerprint density at radius 3 is 2.61 bits per heavy atom. The summed E-state index contributed by atoms with van der Waals surface area (Å²) in [5, 5.41) is 18.7. The third-order valence-electron chi connectivity index (χ3n) is 1.74. The molecule has 0 bridgehead atoms. The second kappa shape index (κ2) is 6.77. The van der Waals surface area contributed by atoms with Crippen molar-refractivity contribution in [3.8, 4) is 5.75 Å². The molecule has 0 heterocycles. The lowest BCUT2D eigenvalue weighted by Crippen LogP contribution is -2.09. The highest BCUT2D eigenvalue weighted by molar-refractivity contribution is 6.33. The number of nitrogens with zero attached hydrogens (tertiary/aromatic N) is 1. The first kappa shape index (κ1) is 16.1. The number of aldehydes is 1. The number of rotatable bonds is 5. The van der Waals surface area contributed by atoms with Crippen molar-refractivity contribution in [2.75, 3.05) is 6.61 Å². The van der Waals surface area contributed by atoms with Crippen LogP contribution in [0.5, 0.6) is 5.75 Å². The molecule has 0 amide bonds. The van der Waals surface area contributed by atoms with Gasteiger partial charge in [0, 0.05) is 6.07 Å². The summed E-state index contributed by atoms with van der Waals surface area (Å²) in [6, 6.07) is 2.13. The number of aliphatic carboxylic acids is 1. The number of carboxylic acid groups (broad SMARTS) is 1. The molecule has 1 aromatic rings. The van der Waals surface area contributed by atoms with E-state index in [1.54, 1.807) is 0 Å². The zero-order valence-electron chi connectivity index (χ0n) is 8.66. The summed E-state index contributed by atoms with van der Waals surface area (Å²) in [6.45, 7) is -0.633. The maximum atomic E-state index is 10.6. The van der Waals surface area contributed by atoms with E-state index >= 15 is 0 Å². The highest BCUT2D eigenvalue weighted by atomic mass is 35.5. The molecular formula is C9H7Cl2NO6. The molecule has 1 N–H and O–H groups in total. The minimum absolute atomic E-state index is 0. The van der Waals surface area contributed by atoms with Crippen LogP contribution in [0.4, 0.5) is 5.69 Å². The van der Waals surface area contributed by atoms with Crippen molar-refractivity contribution < 1.29 is 24.4 Å². The number of hydrogen-bond acceptors (Lipinski definition) is 5. The van der Waals surface area contributed by atoms with E-state index in [2.05, 4.69) is 0 Å². The molecule has 0 saturated carbocycles. The summed E-state index contributed by atoms with van der Waals surface area (Å²) in [5.74, 6) is -1.24. The molecule has 0 spiro atoms. The fourth-order valence-electron chi connectivity index (χ4n) is 1.11. The molecule has 7 nitrogen and oxygen atoms in total. The van der Waals surface area contributed by atoms with Crippen LogP contribution in [-0.2, 0) is 4.79 Å². The van der Waals surface area contributed by atoms with Gasteiger partial charge in [0.25, 0.3) is 5.69 Å². The van der Waals surface area contributed by atoms with Gasteiger partial charge in [0.1, 0.15) is 10.8 Å². The van der Waals surface area contributed by atoms with Crippen molar-refractivity contribution in [1.29, 1.82) is 0 Å². The van der Waals surface area contributed by atoms with Gasteiger partial charge in [-0.05, 0) is 6.07 Å². The average molecular weight is 296 g/mol. The van der Waals surface area contributed by atoms with Gasteiger partial charge >= 0.3 is 5.97 Å². The predicted octanol–water partition coefficient (Wildman–Crippen LogP) is 1.95. The Morgan fingerprint density at radius 2 is 2.17 bits per heavy atom. The number of nitro groups is 1. The van der Waals surface area contributed by atoms with Crippen molar-refractivity contribution in [3.05, 3.63) is 32.8 Å². The molecule has 0 aliphatic heterocycles. The number of carbonyl (C=O) groups is 2. The van der Waals surface area contributed by atoms with Gasteiger partial charge in [-0.1, -0.05) is 11.6 Å². The highest BCUT2D eigenvalue weighted by Gasteiger charge is 2.20. The van der Waals surface area contributed by atoms with Crippen molar-refractivity contribution >= 4 is 42.0 Å². The topological polar surface area (TPSA) is 107 Å². The Labute approximate surface area is 112 Å². The first-order chi connectivity index (χ1) is 7.95. The van der Waals surface area contributed by atoms with Gasteiger partial charge in [0.2, 0.25) is 0 Å². The Kier molecular flexibility index (Phi) is 6.07. The van der Waals surface area contributed by atoms with Crippen LogP contribution < -0.4 is 4.74 Å². The predicted molar refractivity (Wildman–Crippen MR) is 63.9 cm³/mol. The van der Waals surface area contributed by atoms with Gasteiger partial charge in [-0.2, -0.15) is 0 Å². The van der Waals surface area contributed by atoms with Crippen LogP contribution in [0.2, 0.25) is 5.02 Å². The first-order valence-corrected chi connectivity index (χ1v) is 4.61. The van der Waals surface area contributed by atoms with Crippen LogP contribution in [0.15, 0.2) is 12.1 Å². The number of carbonyl (C=O) groups excluding carboxylic acids is 1. The maximum absolute atomic E-state index is 10.6. The van der Waals surface area contributed by atoms with Crippen LogP contribution in [0.25, 0.3) is 0 Å². The fraction of sp³-hybridized carbons (Fsp3) is 0.111. The Balaban J connectivity index is 0.00000289. The lowest BCUT2D eigenvalue weighted by atomic mass is 10.2. The second-order valence-electron chi connectivity index (χ2n) is 2.90. The standard InChI is InChI=1S/C9H6ClNO6.ClH/c10-7-2-6(17-4-8(13)14)1-5(3-12)9(7)11(15)16;/h1-3H,4H2,(H,13,14);1H. The maximum Gasteiger partial charge on any atom is 0.341 e. The number of benzene rings is 1. The van der Waals surface area contributed by atoms with Gasteiger partial charge in [-0.25, -0.2) is 4.79 Å². The molecule has 9 heteroatoms. The summed E-state index contributed by atoms with van der Waals surface area (Å²) in [6.07, 6.45) is 0.248. The van der Waals surface area contributed by atoms with Crippen molar-refractivity contribution in [2.24, 2.45) is 0 Å². The SMILES string of the molecule is Cl.O=Cc1cc(OCC(=O)O)cc(Cl)c1[N+](=O)[O-]. The van der Waals surface area contributed by atoms with Gasteiger partial charge in [0.15, 0.2) is 12.9 Å². The lowest BCUT2D eigenvalue weighted by molar-refractivity contribution is -0.384. The molecule has 0 aliphatic carbocycles. The molecule has 1 aromatic carbocycles. The zero-order valence-corrected chi connectivity index (χ0v) is 10.2. The largest absolute Gasteiger partial charge is 0.482 e. The molecule has 0 aromatic heterocycles. The number of halogens is 2. The highest BCUT2D eigenvalue weighted by Crippen LogP contribution is 2.32. The Morgan fingerprint density at radius 1 is 1.56 bits per heavy atom. The van der Waals surface area contributed by atoms with E-state index in [9.17, 15) is 19.7 Å². The van der Waals surface area contributed by atoms with E-state index in [0.717, 1.165) is 12.1 Å². The number of nitro benzene ring substituents is 1. The second-order valence-corrected chi connectivity index (χ2v) is 3.31. The van der Waals surface area contributed by atoms with Gasteiger partial charge in [-0.15, -0.1) is 12.4 Å². The van der Waals surface area contributed by atoms with Crippen LogP contribution in [0.3, 0.4) is 0 Å². The van der Waals surface area contributed by atoms with E-state index in [1.807, 2.05) is 0 Å². The summed E-state index contributed by atoms with van der Waals surface area (Å²) in [7, 11) is 0. The summed E-state index contributed by atoms with van der Waals surface area (Å²) < 4.78 is 4.76.